The summed E-state index contributed by atoms with van der Waals surface area (Å²) in [5.74, 6) is -1.38. The molecule has 2 heterocycles. The smallest absolute Gasteiger partial charge is 0.335 e. The van der Waals surface area contributed by atoms with Gasteiger partial charge in [-0.3, -0.25) is 0 Å². The van der Waals surface area contributed by atoms with Crippen LogP contribution < -0.4 is 0 Å². The summed E-state index contributed by atoms with van der Waals surface area (Å²) >= 11 is 0. The number of aliphatic hydroxyl groups is 3. The van der Waals surface area contributed by atoms with E-state index in [1.165, 1.54) is 7.11 Å². The maximum atomic E-state index is 12.9. The fourth-order valence-corrected chi connectivity index (χ4v) is 6.74. The van der Waals surface area contributed by atoms with Crippen molar-refractivity contribution in [3.63, 3.8) is 0 Å². The van der Waals surface area contributed by atoms with Crippen LogP contribution in [0.2, 0.25) is 0 Å². The van der Waals surface area contributed by atoms with Gasteiger partial charge >= 0.3 is 5.97 Å². The Morgan fingerprint density at radius 1 is 1.32 bits per heavy atom. The number of rotatable bonds is 3. The van der Waals surface area contributed by atoms with Crippen molar-refractivity contribution in [2.75, 3.05) is 13.7 Å². The molecule has 4 rings (SSSR count). The van der Waals surface area contributed by atoms with Crippen molar-refractivity contribution in [3.8, 4) is 0 Å². The topological polar surface area (TPSA) is 105 Å². The van der Waals surface area contributed by atoms with Crippen LogP contribution in [0.1, 0.15) is 34.1 Å². The van der Waals surface area contributed by atoms with Crippen LogP contribution >= 0.6 is 0 Å². The van der Waals surface area contributed by atoms with Gasteiger partial charge in [0.15, 0.2) is 6.10 Å². The lowest BCUT2D eigenvalue weighted by atomic mass is 9.56. The molecule has 1 saturated carbocycles. The van der Waals surface area contributed by atoms with Gasteiger partial charge in [0.2, 0.25) is 0 Å². The zero-order valence-electron chi connectivity index (χ0n) is 19.0. The van der Waals surface area contributed by atoms with Gasteiger partial charge in [-0.05, 0) is 31.8 Å². The maximum absolute atomic E-state index is 12.9. The molecule has 3 N–H and O–H groups in total. The van der Waals surface area contributed by atoms with E-state index in [4.69, 9.17) is 14.2 Å². The normalized spacial score (nSPS) is 52.0. The number of aliphatic hydroxyl groups excluding tert-OH is 3. The minimum Gasteiger partial charge on any atom is -0.457 e. The van der Waals surface area contributed by atoms with Crippen molar-refractivity contribution in [1.82, 2.24) is 0 Å². The number of hydrogen-bond acceptors (Lipinski definition) is 7. The molecule has 0 amide bonds. The lowest BCUT2D eigenvalue weighted by Crippen LogP contribution is -2.56. The van der Waals surface area contributed by atoms with Crippen LogP contribution in [-0.4, -0.2) is 71.1 Å². The van der Waals surface area contributed by atoms with Gasteiger partial charge in [-0.15, -0.1) is 0 Å². The summed E-state index contributed by atoms with van der Waals surface area (Å²) in [6.07, 6.45) is 3.35. The van der Waals surface area contributed by atoms with E-state index in [2.05, 4.69) is 12.2 Å². The number of carbonyl (C=O) groups excluding carboxylic acids is 1. The van der Waals surface area contributed by atoms with Crippen LogP contribution in [0.15, 0.2) is 23.8 Å². The highest BCUT2D eigenvalue weighted by molar-refractivity contribution is 5.75. The molecule has 2 aliphatic heterocycles. The van der Waals surface area contributed by atoms with Gasteiger partial charge in [0.05, 0.1) is 18.3 Å². The van der Waals surface area contributed by atoms with E-state index in [0.29, 0.717) is 6.42 Å². The molecule has 1 saturated heterocycles. The van der Waals surface area contributed by atoms with Crippen molar-refractivity contribution >= 4 is 5.97 Å². The Labute approximate surface area is 184 Å². The first kappa shape index (κ1) is 22.9. The molecule has 1 unspecified atom stereocenters. The Balaban J connectivity index is 1.86. The number of ether oxygens (including phenoxy) is 3. The fraction of sp³-hybridized carbons (Fsp3) is 0.792. The molecule has 7 nitrogen and oxygen atoms in total. The third kappa shape index (κ3) is 3.32. The van der Waals surface area contributed by atoms with Crippen molar-refractivity contribution in [2.45, 2.75) is 70.2 Å². The summed E-state index contributed by atoms with van der Waals surface area (Å²) in [6.45, 7) is 7.47. The van der Waals surface area contributed by atoms with E-state index in [1.807, 2.05) is 26.8 Å². The molecule has 12 atom stereocenters. The highest BCUT2D eigenvalue weighted by Gasteiger charge is 2.67. The Hall–Kier alpha value is -1.25. The third-order valence-electron chi connectivity index (χ3n) is 8.34. The van der Waals surface area contributed by atoms with Gasteiger partial charge in [-0.1, -0.05) is 32.1 Å². The van der Waals surface area contributed by atoms with Crippen LogP contribution in [0.4, 0.5) is 0 Å². The zero-order valence-corrected chi connectivity index (χ0v) is 19.0. The van der Waals surface area contributed by atoms with Gasteiger partial charge < -0.3 is 29.5 Å². The molecular weight excluding hydrogens is 400 g/mol. The highest BCUT2D eigenvalue weighted by Crippen LogP contribution is 2.61. The van der Waals surface area contributed by atoms with Crippen molar-refractivity contribution in [3.05, 3.63) is 23.8 Å². The molecule has 0 radical (unpaired) electrons. The lowest BCUT2D eigenvalue weighted by molar-refractivity contribution is -0.172. The first-order valence-corrected chi connectivity index (χ1v) is 11.4. The molecule has 4 aliphatic rings. The summed E-state index contributed by atoms with van der Waals surface area (Å²) in [6, 6.07) is 0. The molecule has 2 aliphatic carbocycles. The molecule has 0 aromatic carbocycles. The van der Waals surface area contributed by atoms with Gasteiger partial charge in [-0.25, -0.2) is 4.79 Å². The second kappa shape index (κ2) is 8.27. The molecule has 7 heteroatoms. The summed E-state index contributed by atoms with van der Waals surface area (Å²) in [5.41, 5.74) is 0.170. The SMILES string of the molecule is CO[C@H]1C[C@H]2C=C[C@H]3[C@@H]4O[C@]2(/C(C)=C\[C@@H](C)[C@@H]([C@@H](C)O)OC1=O)[C@@H]3[C@H](O)C(C)[C@@H]4CO. The Kier molecular flexibility index (Phi) is 6.11. The number of esters is 1. The van der Waals surface area contributed by atoms with Gasteiger partial charge in [0, 0.05) is 43.3 Å². The molecule has 0 aromatic rings. The molecule has 4 bridgehead atoms. The number of carbonyl (C=O) groups is 1. The first-order valence-electron chi connectivity index (χ1n) is 11.4. The first-order chi connectivity index (χ1) is 14.7. The second-order valence-electron chi connectivity index (χ2n) is 9.98. The fourth-order valence-electron chi connectivity index (χ4n) is 6.74. The summed E-state index contributed by atoms with van der Waals surface area (Å²) in [7, 11) is 1.48. The third-order valence-corrected chi connectivity index (χ3v) is 8.34. The van der Waals surface area contributed by atoms with Crippen molar-refractivity contribution in [2.24, 2.45) is 35.5 Å². The van der Waals surface area contributed by atoms with Gasteiger partial charge in [0.25, 0.3) is 0 Å². The summed E-state index contributed by atoms with van der Waals surface area (Å²) in [4.78, 5) is 12.9. The molecule has 31 heavy (non-hydrogen) atoms. The van der Waals surface area contributed by atoms with E-state index < -0.39 is 36.0 Å². The van der Waals surface area contributed by atoms with Gasteiger partial charge in [-0.2, -0.15) is 0 Å². The van der Waals surface area contributed by atoms with E-state index in [1.54, 1.807) is 6.92 Å². The Morgan fingerprint density at radius 3 is 2.65 bits per heavy atom. The number of methoxy groups -OCH3 is 1. The van der Waals surface area contributed by atoms with E-state index in [9.17, 15) is 20.1 Å². The van der Waals surface area contributed by atoms with Crippen LogP contribution in [0.5, 0.6) is 0 Å². The predicted octanol–water partition coefficient (Wildman–Crippen LogP) is 1.46. The van der Waals surface area contributed by atoms with Crippen LogP contribution in [-0.2, 0) is 19.0 Å². The summed E-state index contributed by atoms with van der Waals surface area (Å²) in [5, 5.41) is 31.7. The standard InChI is InChI=1S/C24H36O7/c1-11-8-12(2)24-15(9-18(29-5)23(28)30-21(11)14(4)26)6-7-16-19(24)20(27)13(3)17(10-25)22(16)31-24/h6-8,11,13-22,25-27H,9-10H2,1-5H3/b12-8-/t11-,13?,14-,15-,16-,17+,18+,19+,20-,21+,22+,24+/m1/s1. The van der Waals surface area contributed by atoms with E-state index in [0.717, 1.165) is 5.57 Å². The Morgan fingerprint density at radius 2 is 2.03 bits per heavy atom. The van der Waals surface area contributed by atoms with Crippen molar-refractivity contribution < 1.29 is 34.3 Å². The van der Waals surface area contributed by atoms with Crippen LogP contribution in [0.25, 0.3) is 0 Å². The quantitative estimate of drug-likeness (QED) is 0.454. The monoisotopic (exact) mass is 436 g/mol. The molecule has 2 fully saturated rings. The average Bonchev–Trinajstić information content (AvgIpc) is 2.91. The highest BCUT2D eigenvalue weighted by atomic mass is 16.6. The molecule has 1 spiro atoms. The molecule has 174 valence electrons. The lowest BCUT2D eigenvalue weighted by Gasteiger charge is -2.49. The van der Waals surface area contributed by atoms with E-state index in [-0.39, 0.29) is 48.2 Å². The van der Waals surface area contributed by atoms with Crippen LogP contribution in [0.3, 0.4) is 0 Å². The zero-order chi connectivity index (χ0) is 22.7. The number of cyclic esters (lactones) is 1. The van der Waals surface area contributed by atoms with Gasteiger partial charge in [0.1, 0.15) is 11.7 Å². The average molecular weight is 437 g/mol. The molecular formula is C24H36O7. The second-order valence-corrected chi connectivity index (χ2v) is 9.98. The minimum absolute atomic E-state index is 0.00158. The largest absolute Gasteiger partial charge is 0.457 e. The summed E-state index contributed by atoms with van der Waals surface area (Å²) < 4.78 is 18.0. The van der Waals surface area contributed by atoms with E-state index >= 15 is 0 Å². The maximum Gasteiger partial charge on any atom is 0.335 e. The minimum atomic E-state index is -0.847. The van der Waals surface area contributed by atoms with Crippen LogP contribution in [0, 0.1) is 35.5 Å². The predicted molar refractivity (Wildman–Crippen MR) is 113 cm³/mol. The number of hydrogen-bond donors (Lipinski definition) is 3. The molecule has 0 aromatic heterocycles. The van der Waals surface area contributed by atoms with Crippen molar-refractivity contribution in [1.29, 1.82) is 0 Å². The Bertz CT molecular complexity index is 761.